The van der Waals surface area contributed by atoms with Gasteiger partial charge in [0.15, 0.2) is 0 Å². The summed E-state index contributed by atoms with van der Waals surface area (Å²) in [5.41, 5.74) is 0.800. The molecule has 0 amide bonds. The van der Waals surface area contributed by atoms with Crippen molar-refractivity contribution in [1.29, 1.82) is 0 Å². The molecule has 3 N–H and O–H groups in total. The molecule has 0 heterocycles. The van der Waals surface area contributed by atoms with Crippen molar-refractivity contribution in [3.05, 3.63) is 24.3 Å². The molecular formula is C22H37N3O4S2. The van der Waals surface area contributed by atoms with E-state index in [9.17, 15) is 16.8 Å². The van der Waals surface area contributed by atoms with E-state index in [2.05, 4.69) is 14.8 Å². The molecule has 176 valence electrons. The third-order valence-corrected chi connectivity index (χ3v) is 9.89. The second-order valence-electron chi connectivity index (χ2n) is 9.29. The minimum atomic E-state index is -3.51. The molecule has 1 aromatic carbocycles. The summed E-state index contributed by atoms with van der Waals surface area (Å²) in [5, 5.41) is 2.97. The highest BCUT2D eigenvalue weighted by Crippen LogP contribution is 2.26. The van der Waals surface area contributed by atoms with Crippen molar-refractivity contribution in [2.45, 2.75) is 93.9 Å². The van der Waals surface area contributed by atoms with Gasteiger partial charge in [0.2, 0.25) is 20.0 Å². The van der Waals surface area contributed by atoms with Crippen LogP contribution in [0.15, 0.2) is 29.2 Å². The zero-order chi connectivity index (χ0) is 22.5. The van der Waals surface area contributed by atoms with Crippen molar-refractivity contribution in [1.82, 2.24) is 9.44 Å². The Hall–Kier alpha value is -1.16. The molecule has 0 atom stereocenters. The predicted molar refractivity (Wildman–Crippen MR) is 125 cm³/mol. The Morgan fingerprint density at radius 1 is 0.871 bits per heavy atom. The molecule has 31 heavy (non-hydrogen) atoms. The zero-order valence-corrected chi connectivity index (χ0v) is 20.3. The Morgan fingerprint density at radius 3 is 2.16 bits per heavy atom. The van der Waals surface area contributed by atoms with Gasteiger partial charge in [0.25, 0.3) is 0 Å². The van der Waals surface area contributed by atoms with Gasteiger partial charge >= 0.3 is 0 Å². The third kappa shape index (κ3) is 7.17. The van der Waals surface area contributed by atoms with Crippen molar-refractivity contribution in [2.75, 3.05) is 11.9 Å². The van der Waals surface area contributed by atoms with Crippen molar-refractivity contribution in [3.8, 4) is 0 Å². The molecule has 0 aliphatic heterocycles. The lowest BCUT2D eigenvalue weighted by molar-refractivity contribution is 0.323. The molecule has 0 spiro atoms. The number of hydrogen-bond donors (Lipinski definition) is 3. The summed E-state index contributed by atoms with van der Waals surface area (Å²) in [6.45, 7) is 4.14. The van der Waals surface area contributed by atoms with E-state index in [1.54, 1.807) is 32.0 Å². The van der Waals surface area contributed by atoms with Crippen molar-refractivity contribution in [3.63, 3.8) is 0 Å². The van der Waals surface area contributed by atoms with Gasteiger partial charge < -0.3 is 5.32 Å². The highest BCUT2D eigenvalue weighted by atomic mass is 32.2. The summed E-state index contributed by atoms with van der Waals surface area (Å²) < 4.78 is 55.3. The van der Waals surface area contributed by atoms with Gasteiger partial charge in [-0.1, -0.05) is 25.3 Å². The maximum Gasteiger partial charge on any atom is 0.240 e. The van der Waals surface area contributed by atoms with Gasteiger partial charge in [-0.3, -0.25) is 0 Å². The van der Waals surface area contributed by atoms with Crippen LogP contribution in [0.1, 0.15) is 71.6 Å². The molecule has 2 aliphatic carbocycles. The van der Waals surface area contributed by atoms with Crippen LogP contribution in [0.4, 0.5) is 5.69 Å². The standard InChI is InChI=1S/C22H37N3O4S2/c1-17(2)30(26,27)24-20-13-11-18(12-14-20)16-23-21-9-6-10-22(15-21)31(28,29)25-19-7-4-3-5-8-19/h6,9-10,15,17-20,23-25H,3-5,7-8,11-14,16H2,1-2H3/t18-,20-. The summed E-state index contributed by atoms with van der Waals surface area (Å²) in [7, 11) is -6.74. The Kier molecular flexibility index (Phi) is 8.40. The lowest BCUT2D eigenvalue weighted by atomic mass is 9.86. The average Bonchev–Trinajstić information content (AvgIpc) is 2.73. The van der Waals surface area contributed by atoms with Gasteiger partial charge in [-0.05, 0) is 76.5 Å². The van der Waals surface area contributed by atoms with Crippen LogP contribution in [0, 0.1) is 5.92 Å². The molecule has 0 saturated heterocycles. The van der Waals surface area contributed by atoms with E-state index in [-0.39, 0.29) is 12.1 Å². The quantitative estimate of drug-likeness (QED) is 0.510. The first kappa shape index (κ1) is 24.5. The Labute approximate surface area is 187 Å². The number of nitrogens with one attached hydrogen (secondary N) is 3. The highest BCUT2D eigenvalue weighted by molar-refractivity contribution is 7.90. The Morgan fingerprint density at radius 2 is 1.52 bits per heavy atom. The normalized spacial score (nSPS) is 23.7. The predicted octanol–water partition coefficient (Wildman–Crippen LogP) is 3.60. The van der Waals surface area contributed by atoms with Crippen LogP contribution in [-0.4, -0.2) is 40.7 Å². The molecule has 0 aromatic heterocycles. The first-order chi connectivity index (χ1) is 14.7. The molecule has 3 rings (SSSR count). The maximum absolute atomic E-state index is 12.8. The van der Waals surface area contributed by atoms with Gasteiger partial charge in [0.05, 0.1) is 10.1 Å². The van der Waals surface area contributed by atoms with Crippen LogP contribution >= 0.6 is 0 Å². The SMILES string of the molecule is CC(C)S(=O)(=O)N[C@H]1CC[C@H](CNc2cccc(S(=O)(=O)NC3CCCCC3)c2)CC1. The molecule has 2 saturated carbocycles. The first-order valence-corrected chi connectivity index (χ1v) is 14.6. The summed E-state index contributed by atoms with van der Waals surface area (Å²) in [5.74, 6) is 0.445. The van der Waals surface area contributed by atoms with Gasteiger partial charge in [0.1, 0.15) is 0 Å². The topological polar surface area (TPSA) is 104 Å². The lowest BCUT2D eigenvalue weighted by Crippen LogP contribution is -2.41. The van der Waals surface area contributed by atoms with Crippen LogP contribution < -0.4 is 14.8 Å². The summed E-state index contributed by atoms with van der Waals surface area (Å²) in [4.78, 5) is 0.301. The minimum Gasteiger partial charge on any atom is -0.385 e. The second-order valence-corrected chi connectivity index (χ2v) is 13.3. The van der Waals surface area contributed by atoms with Gasteiger partial charge in [-0.25, -0.2) is 26.3 Å². The molecule has 0 radical (unpaired) electrons. The fraction of sp³-hybridized carbons (Fsp3) is 0.727. The van der Waals surface area contributed by atoms with E-state index in [0.29, 0.717) is 10.8 Å². The van der Waals surface area contributed by atoms with E-state index in [4.69, 9.17) is 0 Å². The molecule has 7 nitrogen and oxygen atoms in total. The fourth-order valence-corrected chi connectivity index (χ4v) is 6.72. The second kappa shape index (κ2) is 10.6. The van der Waals surface area contributed by atoms with E-state index >= 15 is 0 Å². The van der Waals surface area contributed by atoms with Crippen LogP contribution in [0.5, 0.6) is 0 Å². The van der Waals surface area contributed by atoms with Gasteiger partial charge in [-0.15, -0.1) is 0 Å². The largest absolute Gasteiger partial charge is 0.385 e. The van der Waals surface area contributed by atoms with E-state index in [1.165, 1.54) is 6.42 Å². The first-order valence-electron chi connectivity index (χ1n) is 11.5. The molecule has 0 bridgehead atoms. The molecule has 2 aliphatic rings. The van der Waals surface area contributed by atoms with Crippen LogP contribution in [0.2, 0.25) is 0 Å². The smallest absolute Gasteiger partial charge is 0.240 e. The minimum absolute atomic E-state index is 0.0167. The van der Waals surface area contributed by atoms with Crippen LogP contribution in [-0.2, 0) is 20.0 Å². The number of sulfonamides is 2. The van der Waals surface area contributed by atoms with Crippen molar-refractivity contribution in [2.24, 2.45) is 5.92 Å². The Bertz CT molecular complexity index is 918. The summed E-state index contributed by atoms with van der Waals surface area (Å²) in [6, 6.07) is 7.06. The molecule has 0 unspecified atom stereocenters. The number of rotatable bonds is 9. The van der Waals surface area contributed by atoms with Crippen molar-refractivity contribution < 1.29 is 16.8 Å². The van der Waals surface area contributed by atoms with Crippen LogP contribution in [0.25, 0.3) is 0 Å². The van der Waals surface area contributed by atoms with Gasteiger partial charge in [-0.2, -0.15) is 0 Å². The number of benzene rings is 1. The zero-order valence-electron chi connectivity index (χ0n) is 18.6. The molecule has 9 heteroatoms. The number of anilines is 1. The van der Waals surface area contributed by atoms with E-state index in [0.717, 1.165) is 63.6 Å². The average molecular weight is 472 g/mol. The molecule has 1 aromatic rings. The Balaban J connectivity index is 1.49. The number of hydrogen-bond acceptors (Lipinski definition) is 5. The van der Waals surface area contributed by atoms with Crippen molar-refractivity contribution >= 4 is 25.7 Å². The highest BCUT2D eigenvalue weighted by Gasteiger charge is 2.26. The summed E-state index contributed by atoms with van der Waals surface area (Å²) >= 11 is 0. The maximum atomic E-state index is 12.8. The van der Waals surface area contributed by atoms with E-state index < -0.39 is 25.3 Å². The third-order valence-electron chi connectivity index (χ3n) is 6.46. The molecule has 2 fully saturated rings. The van der Waals surface area contributed by atoms with Gasteiger partial charge in [0, 0.05) is 24.3 Å². The van der Waals surface area contributed by atoms with E-state index in [1.807, 2.05) is 6.07 Å². The molecular weight excluding hydrogens is 434 g/mol. The summed E-state index contributed by atoms with van der Waals surface area (Å²) in [6.07, 6.45) is 8.71. The monoisotopic (exact) mass is 471 g/mol. The lowest BCUT2D eigenvalue weighted by Gasteiger charge is -2.29. The fourth-order valence-electron chi connectivity index (χ4n) is 4.40. The van der Waals surface area contributed by atoms with Crippen LogP contribution in [0.3, 0.4) is 0 Å².